The van der Waals surface area contributed by atoms with Crippen molar-refractivity contribution in [3.05, 3.63) is 65.2 Å². The van der Waals surface area contributed by atoms with E-state index in [9.17, 15) is 9.90 Å². The molecule has 1 amide bonds. The number of ether oxygens (including phenoxy) is 1. The van der Waals surface area contributed by atoms with Gasteiger partial charge in [-0.1, -0.05) is 6.07 Å². The first-order valence-electron chi connectivity index (χ1n) is 14.5. The Bertz CT molecular complexity index is 1370. The number of carbonyl (C=O) groups is 1. The molecule has 39 heavy (non-hydrogen) atoms. The maximum Gasteiger partial charge on any atom is 0.254 e. The zero-order chi connectivity index (χ0) is 26.3. The third-order valence-electron chi connectivity index (χ3n) is 8.78. The number of amides is 1. The predicted molar refractivity (Wildman–Crippen MR) is 151 cm³/mol. The summed E-state index contributed by atoms with van der Waals surface area (Å²) >= 11 is 0. The van der Waals surface area contributed by atoms with Gasteiger partial charge in [-0.15, -0.1) is 0 Å². The second-order valence-corrected chi connectivity index (χ2v) is 11.6. The first-order chi connectivity index (χ1) is 19.1. The average Bonchev–Trinajstić information content (AvgIpc) is 3.68. The van der Waals surface area contributed by atoms with Crippen molar-refractivity contribution >= 4 is 22.6 Å². The van der Waals surface area contributed by atoms with E-state index in [1.807, 2.05) is 17.0 Å². The number of aliphatic hydroxyl groups excluding tert-OH is 1. The van der Waals surface area contributed by atoms with Crippen molar-refractivity contribution in [2.45, 2.75) is 57.0 Å². The van der Waals surface area contributed by atoms with Gasteiger partial charge < -0.3 is 25.0 Å². The second-order valence-electron chi connectivity index (χ2n) is 11.6. The van der Waals surface area contributed by atoms with E-state index in [1.165, 1.54) is 5.56 Å². The summed E-state index contributed by atoms with van der Waals surface area (Å²) in [5.41, 5.74) is 4.19. The third kappa shape index (κ3) is 5.09. The van der Waals surface area contributed by atoms with Gasteiger partial charge in [-0.2, -0.15) is 0 Å². The Morgan fingerprint density at radius 2 is 1.97 bits per heavy atom. The van der Waals surface area contributed by atoms with Gasteiger partial charge in [0.1, 0.15) is 17.7 Å². The molecule has 0 aliphatic carbocycles. The smallest absolute Gasteiger partial charge is 0.254 e. The molecular formula is C31H37N5O3. The van der Waals surface area contributed by atoms with Crippen molar-refractivity contribution in [2.75, 3.05) is 44.2 Å². The number of hydrogen-bond acceptors (Lipinski definition) is 7. The topological polar surface area (TPSA) is 81.2 Å². The van der Waals surface area contributed by atoms with Crippen LogP contribution < -0.4 is 15.0 Å². The minimum absolute atomic E-state index is 0.152. The largest absolute Gasteiger partial charge is 0.489 e. The number of nitrogens with zero attached hydrogens (tertiary/aromatic N) is 4. The molecule has 1 aromatic heterocycles. The minimum atomic E-state index is -0.251. The molecule has 8 heteroatoms. The maximum atomic E-state index is 13.0. The van der Waals surface area contributed by atoms with Crippen LogP contribution in [-0.4, -0.2) is 83.3 Å². The molecule has 0 radical (unpaired) electrons. The molecule has 8 nitrogen and oxygen atoms in total. The number of aliphatic hydroxyl groups is 1. The molecule has 0 saturated carbocycles. The first-order valence-corrected chi connectivity index (χ1v) is 14.5. The fourth-order valence-corrected chi connectivity index (χ4v) is 6.66. The van der Waals surface area contributed by atoms with Gasteiger partial charge in [0.15, 0.2) is 0 Å². The molecule has 3 fully saturated rings. The molecule has 5 heterocycles. The summed E-state index contributed by atoms with van der Waals surface area (Å²) in [6.07, 6.45) is 3.91. The Balaban J connectivity index is 0.959. The molecule has 3 saturated heterocycles. The van der Waals surface area contributed by atoms with Gasteiger partial charge in [-0.25, -0.2) is 4.98 Å². The molecule has 0 bridgehead atoms. The van der Waals surface area contributed by atoms with E-state index in [4.69, 9.17) is 9.72 Å². The number of benzene rings is 2. The lowest BCUT2D eigenvalue weighted by Crippen LogP contribution is -2.46. The molecule has 7 rings (SSSR count). The van der Waals surface area contributed by atoms with Crippen LogP contribution in [0.1, 0.15) is 47.2 Å². The summed E-state index contributed by atoms with van der Waals surface area (Å²) in [5.74, 6) is 1.98. The van der Waals surface area contributed by atoms with Crippen molar-refractivity contribution in [3.63, 3.8) is 0 Å². The number of fused-ring (bicyclic) bond motifs is 2. The standard InChI is InChI=1S/C31H37N5O3/c37-25-9-13-35(19-25)30-8-4-22-14-21(3-7-29(22)33-30)17-34-12-10-27(20-34)39-26-5-6-28-23(15-26)18-36(31(28)38)24-2-1-11-32-16-24/h3-8,14-15,24-25,27,32,37H,1-2,9-13,16-20H2/t24?,25-,27-/m0/s1. The summed E-state index contributed by atoms with van der Waals surface area (Å²) in [6.45, 7) is 6.92. The van der Waals surface area contributed by atoms with Crippen molar-refractivity contribution in [3.8, 4) is 5.75 Å². The molecular weight excluding hydrogens is 490 g/mol. The van der Waals surface area contributed by atoms with Gasteiger partial charge in [0.05, 0.1) is 11.6 Å². The Kier molecular flexibility index (Phi) is 6.62. The number of piperidine rings is 1. The highest BCUT2D eigenvalue weighted by molar-refractivity contribution is 5.98. The SMILES string of the molecule is O=C1c2ccc(O[C@H]3CCN(Cc4ccc5nc(N6CC[C@H](O)C6)ccc5c4)C3)cc2CN1C1CCCNC1. The fraction of sp³-hybridized carbons (Fsp3) is 0.484. The van der Waals surface area contributed by atoms with Gasteiger partial charge in [-0.3, -0.25) is 9.69 Å². The molecule has 4 aliphatic heterocycles. The number of β-amino-alcohol motifs (C(OH)–C–C–N with tert-alkyl or cyclic N) is 1. The molecule has 2 aromatic carbocycles. The van der Waals surface area contributed by atoms with Crippen molar-refractivity contribution in [1.82, 2.24) is 20.1 Å². The van der Waals surface area contributed by atoms with Crippen molar-refractivity contribution in [1.29, 1.82) is 0 Å². The summed E-state index contributed by atoms with van der Waals surface area (Å²) in [6, 6.07) is 17.0. The van der Waals surface area contributed by atoms with E-state index in [-0.39, 0.29) is 18.1 Å². The van der Waals surface area contributed by atoms with Gasteiger partial charge in [0.2, 0.25) is 0 Å². The van der Waals surface area contributed by atoms with Crippen molar-refractivity contribution < 1.29 is 14.6 Å². The molecule has 1 unspecified atom stereocenters. The Labute approximate surface area is 229 Å². The summed E-state index contributed by atoms with van der Waals surface area (Å²) < 4.78 is 6.41. The van der Waals surface area contributed by atoms with Crippen LogP contribution in [0.2, 0.25) is 0 Å². The lowest BCUT2D eigenvalue weighted by Gasteiger charge is -2.31. The molecule has 4 aliphatic rings. The number of hydrogen-bond donors (Lipinski definition) is 2. The van der Waals surface area contributed by atoms with Crippen molar-refractivity contribution in [2.24, 2.45) is 0 Å². The minimum Gasteiger partial charge on any atom is -0.489 e. The lowest BCUT2D eigenvalue weighted by molar-refractivity contribution is 0.0674. The molecule has 204 valence electrons. The maximum absolute atomic E-state index is 13.0. The Hall–Kier alpha value is -3.20. The third-order valence-corrected chi connectivity index (χ3v) is 8.78. The number of nitrogens with one attached hydrogen (secondary N) is 1. The van der Waals surface area contributed by atoms with Gasteiger partial charge in [0.25, 0.3) is 5.91 Å². The van der Waals surface area contributed by atoms with E-state index in [1.54, 1.807) is 0 Å². The van der Waals surface area contributed by atoms with Crippen LogP contribution in [0.25, 0.3) is 10.9 Å². The average molecular weight is 528 g/mol. The predicted octanol–water partition coefficient (Wildman–Crippen LogP) is 3.17. The first kappa shape index (κ1) is 24.8. The normalized spacial score (nSPS) is 25.6. The number of carbonyl (C=O) groups excluding carboxylic acids is 1. The van der Waals surface area contributed by atoms with E-state index in [2.05, 4.69) is 51.5 Å². The zero-order valence-corrected chi connectivity index (χ0v) is 22.4. The van der Waals surface area contributed by atoms with Crippen LogP contribution >= 0.6 is 0 Å². The zero-order valence-electron chi connectivity index (χ0n) is 22.4. The number of aromatic nitrogens is 1. The lowest BCUT2D eigenvalue weighted by atomic mass is 10.1. The highest BCUT2D eigenvalue weighted by Gasteiger charge is 2.34. The summed E-state index contributed by atoms with van der Waals surface area (Å²) in [7, 11) is 0. The molecule has 0 spiro atoms. The van der Waals surface area contributed by atoms with Crippen LogP contribution in [0.4, 0.5) is 5.82 Å². The highest BCUT2D eigenvalue weighted by atomic mass is 16.5. The quantitative estimate of drug-likeness (QED) is 0.510. The van der Waals surface area contributed by atoms with Crippen LogP contribution in [0.3, 0.4) is 0 Å². The van der Waals surface area contributed by atoms with Gasteiger partial charge in [0, 0.05) is 62.8 Å². The van der Waals surface area contributed by atoms with E-state index in [0.717, 1.165) is 98.5 Å². The van der Waals surface area contributed by atoms with Crippen LogP contribution in [0, 0.1) is 0 Å². The van der Waals surface area contributed by atoms with Crippen LogP contribution in [0.15, 0.2) is 48.5 Å². The van der Waals surface area contributed by atoms with Gasteiger partial charge >= 0.3 is 0 Å². The monoisotopic (exact) mass is 527 g/mol. The molecule has 2 N–H and O–H groups in total. The summed E-state index contributed by atoms with van der Waals surface area (Å²) in [5, 5.41) is 14.4. The summed E-state index contributed by atoms with van der Waals surface area (Å²) in [4.78, 5) is 24.5. The number of pyridine rings is 1. The van der Waals surface area contributed by atoms with E-state index in [0.29, 0.717) is 19.1 Å². The highest BCUT2D eigenvalue weighted by Crippen LogP contribution is 2.31. The number of rotatable bonds is 6. The second kappa shape index (κ2) is 10.4. The number of likely N-dealkylation sites (tertiary alicyclic amines) is 1. The van der Waals surface area contributed by atoms with Gasteiger partial charge in [-0.05, 0) is 85.8 Å². The van der Waals surface area contributed by atoms with E-state index < -0.39 is 0 Å². The molecule has 3 atom stereocenters. The fourth-order valence-electron chi connectivity index (χ4n) is 6.66. The van der Waals surface area contributed by atoms with Crippen LogP contribution in [-0.2, 0) is 13.1 Å². The van der Waals surface area contributed by atoms with E-state index >= 15 is 0 Å². The molecule has 3 aromatic rings. The van der Waals surface area contributed by atoms with Crippen LogP contribution in [0.5, 0.6) is 5.75 Å². The Morgan fingerprint density at radius 1 is 1.03 bits per heavy atom. The number of anilines is 1. The Morgan fingerprint density at radius 3 is 2.82 bits per heavy atom.